The summed E-state index contributed by atoms with van der Waals surface area (Å²) >= 11 is 0. The number of halogens is 2. The molecule has 1 aromatic carbocycles. The molecule has 1 atom stereocenters. The van der Waals surface area contributed by atoms with E-state index in [9.17, 15) is 8.78 Å². The van der Waals surface area contributed by atoms with E-state index in [4.69, 9.17) is 5.73 Å². The highest BCUT2D eigenvalue weighted by Gasteiger charge is 2.23. The predicted octanol–water partition coefficient (Wildman–Crippen LogP) is 1.36. The van der Waals surface area contributed by atoms with Crippen LogP contribution in [0.5, 0.6) is 0 Å². The van der Waals surface area contributed by atoms with Crippen LogP contribution < -0.4 is 11.1 Å². The lowest BCUT2D eigenvalue weighted by Gasteiger charge is -2.28. The summed E-state index contributed by atoms with van der Waals surface area (Å²) in [4.78, 5) is 0. The molecular formula is C10H14F2N2. The molecule has 0 aliphatic carbocycles. The lowest BCUT2D eigenvalue weighted by atomic mass is 9.92. The van der Waals surface area contributed by atoms with E-state index >= 15 is 0 Å². The Morgan fingerprint density at radius 2 is 1.79 bits per heavy atom. The van der Waals surface area contributed by atoms with Crippen LogP contribution in [0.1, 0.15) is 12.5 Å². The Morgan fingerprint density at radius 3 is 2.14 bits per heavy atom. The summed E-state index contributed by atoms with van der Waals surface area (Å²) in [5.41, 5.74) is 5.46. The van der Waals surface area contributed by atoms with Gasteiger partial charge >= 0.3 is 0 Å². The Hall–Kier alpha value is -1.00. The lowest BCUT2D eigenvalue weighted by Crippen LogP contribution is -2.43. The van der Waals surface area contributed by atoms with Gasteiger partial charge in [-0.3, -0.25) is 0 Å². The van der Waals surface area contributed by atoms with Crippen LogP contribution in [0.25, 0.3) is 0 Å². The second-order valence-electron chi connectivity index (χ2n) is 3.44. The highest BCUT2D eigenvalue weighted by molar-refractivity contribution is 5.25. The van der Waals surface area contributed by atoms with Crippen molar-refractivity contribution in [1.82, 2.24) is 5.32 Å². The number of hydrogen-bond acceptors (Lipinski definition) is 2. The molecule has 0 aromatic heterocycles. The fraction of sp³-hybridized carbons (Fsp3) is 0.400. The summed E-state index contributed by atoms with van der Waals surface area (Å²) in [6, 6.07) is 3.41. The molecule has 1 unspecified atom stereocenters. The normalized spacial score (nSPS) is 15.2. The smallest absolute Gasteiger partial charge is 0.126 e. The summed E-state index contributed by atoms with van der Waals surface area (Å²) in [6.07, 6.45) is 0. The number of hydrogen-bond donors (Lipinski definition) is 2. The standard InChI is InChI=1S/C10H14F2N2/c1-10(6-13,14-2)7-3-8(11)5-9(12)4-7/h3-5,14H,6,13H2,1-2H3. The number of nitrogens with two attached hydrogens (primary N) is 1. The topological polar surface area (TPSA) is 38.0 Å². The van der Waals surface area contributed by atoms with Crippen LogP contribution in [0.3, 0.4) is 0 Å². The van der Waals surface area contributed by atoms with Gasteiger partial charge in [0.25, 0.3) is 0 Å². The van der Waals surface area contributed by atoms with Gasteiger partial charge in [-0.05, 0) is 31.7 Å². The number of benzene rings is 1. The van der Waals surface area contributed by atoms with Gasteiger partial charge in [-0.1, -0.05) is 0 Å². The van der Waals surface area contributed by atoms with Gasteiger partial charge in [-0.2, -0.15) is 0 Å². The number of nitrogens with one attached hydrogen (secondary N) is 1. The van der Waals surface area contributed by atoms with E-state index in [-0.39, 0.29) is 6.54 Å². The van der Waals surface area contributed by atoms with E-state index in [1.807, 2.05) is 0 Å². The molecule has 1 aromatic rings. The number of rotatable bonds is 3. The monoisotopic (exact) mass is 200 g/mol. The van der Waals surface area contributed by atoms with Crippen molar-refractivity contribution in [2.24, 2.45) is 5.73 Å². The average Bonchev–Trinajstić information content (AvgIpc) is 2.15. The van der Waals surface area contributed by atoms with Crippen molar-refractivity contribution < 1.29 is 8.78 Å². The fourth-order valence-electron chi connectivity index (χ4n) is 1.24. The molecule has 0 saturated heterocycles. The third kappa shape index (κ3) is 2.08. The minimum Gasteiger partial charge on any atom is -0.328 e. The van der Waals surface area contributed by atoms with Crippen LogP contribution in [0.4, 0.5) is 8.78 Å². The zero-order valence-corrected chi connectivity index (χ0v) is 8.27. The molecule has 0 heterocycles. The molecule has 0 aliphatic heterocycles. The van der Waals surface area contributed by atoms with Gasteiger partial charge in [0.05, 0.1) is 5.54 Å². The molecule has 78 valence electrons. The quantitative estimate of drug-likeness (QED) is 0.773. The van der Waals surface area contributed by atoms with Gasteiger partial charge in [-0.25, -0.2) is 8.78 Å². The van der Waals surface area contributed by atoms with E-state index < -0.39 is 17.2 Å². The summed E-state index contributed by atoms with van der Waals surface area (Å²) in [6.45, 7) is 2.06. The first-order valence-corrected chi connectivity index (χ1v) is 4.37. The van der Waals surface area contributed by atoms with Crippen molar-refractivity contribution in [3.05, 3.63) is 35.4 Å². The van der Waals surface area contributed by atoms with Crippen LogP contribution in [-0.2, 0) is 5.54 Å². The Kier molecular flexibility index (Phi) is 3.18. The zero-order valence-electron chi connectivity index (χ0n) is 8.27. The highest BCUT2D eigenvalue weighted by atomic mass is 19.1. The Balaban J connectivity index is 3.17. The van der Waals surface area contributed by atoms with E-state index in [1.165, 1.54) is 12.1 Å². The molecule has 14 heavy (non-hydrogen) atoms. The molecule has 0 bridgehead atoms. The van der Waals surface area contributed by atoms with Crippen molar-refractivity contribution in [2.75, 3.05) is 13.6 Å². The molecule has 2 nitrogen and oxygen atoms in total. The first-order chi connectivity index (χ1) is 6.51. The van der Waals surface area contributed by atoms with Crippen LogP contribution in [0.15, 0.2) is 18.2 Å². The average molecular weight is 200 g/mol. The summed E-state index contributed by atoms with van der Waals surface area (Å²) in [7, 11) is 1.70. The number of likely N-dealkylation sites (N-methyl/N-ethyl adjacent to an activating group) is 1. The fourth-order valence-corrected chi connectivity index (χ4v) is 1.24. The van der Waals surface area contributed by atoms with Gasteiger partial charge in [0.1, 0.15) is 11.6 Å². The molecule has 3 N–H and O–H groups in total. The summed E-state index contributed by atoms with van der Waals surface area (Å²) in [5.74, 6) is -1.18. The Bertz CT molecular complexity index is 302. The molecule has 0 amide bonds. The third-order valence-electron chi connectivity index (χ3n) is 2.46. The van der Waals surface area contributed by atoms with E-state index in [0.717, 1.165) is 6.07 Å². The first-order valence-electron chi connectivity index (χ1n) is 4.37. The molecule has 0 aliphatic rings. The van der Waals surface area contributed by atoms with Crippen LogP contribution in [0, 0.1) is 11.6 Å². The van der Waals surface area contributed by atoms with E-state index in [0.29, 0.717) is 5.56 Å². The largest absolute Gasteiger partial charge is 0.328 e. The van der Waals surface area contributed by atoms with Crippen LogP contribution >= 0.6 is 0 Å². The predicted molar refractivity (Wildman–Crippen MR) is 51.8 cm³/mol. The molecule has 0 saturated carbocycles. The van der Waals surface area contributed by atoms with Gasteiger partial charge in [0.15, 0.2) is 0 Å². The van der Waals surface area contributed by atoms with Crippen molar-refractivity contribution in [2.45, 2.75) is 12.5 Å². The first kappa shape index (κ1) is 11.1. The minimum atomic E-state index is -0.594. The zero-order chi connectivity index (χ0) is 10.8. The SMILES string of the molecule is CNC(C)(CN)c1cc(F)cc(F)c1. The molecule has 0 fully saturated rings. The van der Waals surface area contributed by atoms with Gasteiger partial charge < -0.3 is 11.1 Å². The second-order valence-corrected chi connectivity index (χ2v) is 3.44. The van der Waals surface area contributed by atoms with Crippen molar-refractivity contribution >= 4 is 0 Å². The Labute approximate surface area is 82.1 Å². The molecule has 0 radical (unpaired) electrons. The van der Waals surface area contributed by atoms with Gasteiger partial charge in [0, 0.05) is 12.6 Å². The second kappa shape index (κ2) is 4.02. The Morgan fingerprint density at radius 1 is 1.29 bits per heavy atom. The van der Waals surface area contributed by atoms with Crippen LogP contribution in [-0.4, -0.2) is 13.6 Å². The van der Waals surface area contributed by atoms with E-state index in [2.05, 4.69) is 5.32 Å². The summed E-state index contributed by atoms with van der Waals surface area (Å²) in [5, 5.41) is 2.94. The molecule has 0 spiro atoms. The lowest BCUT2D eigenvalue weighted by molar-refractivity contribution is 0.406. The molecule has 1 rings (SSSR count). The van der Waals surface area contributed by atoms with Gasteiger partial charge in [0.2, 0.25) is 0 Å². The van der Waals surface area contributed by atoms with Crippen LogP contribution in [0.2, 0.25) is 0 Å². The van der Waals surface area contributed by atoms with Crippen molar-refractivity contribution in [1.29, 1.82) is 0 Å². The van der Waals surface area contributed by atoms with Crippen molar-refractivity contribution in [3.8, 4) is 0 Å². The van der Waals surface area contributed by atoms with Gasteiger partial charge in [-0.15, -0.1) is 0 Å². The molecular weight excluding hydrogens is 186 g/mol. The third-order valence-corrected chi connectivity index (χ3v) is 2.46. The minimum absolute atomic E-state index is 0.270. The van der Waals surface area contributed by atoms with Crippen molar-refractivity contribution in [3.63, 3.8) is 0 Å². The maximum atomic E-state index is 12.9. The highest BCUT2D eigenvalue weighted by Crippen LogP contribution is 2.20. The summed E-state index contributed by atoms with van der Waals surface area (Å²) < 4.78 is 25.8. The molecule has 4 heteroatoms. The van der Waals surface area contributed by atoms with E-state index in [1.54, 1.807) is 14.0 Å². The maximum Gasteiger partial charge on any atom is 0.126 e. The maximum absolute atomic E-state index is 12.9.